The van der Waals surface area contributed by atoms with Crippen molar-refractivity contribution in [1.29, 1.82) is 0 Å². The molecule has 1 fully saturated rings. The fraction of sp³-hybridized carbons (Fsp3) is 0.364. The van der Waals surface area contributed by atoms with E-state index in [2.05, 4.69) is 15.0 Å². The lowest BCUT2D eigenvalue weighted by atomic mass is 10.4. The molecule has 0 aromatic carbocycles. The highest BCUT2D eigenvalue weighted by atomic mass is 16.4. The summed E-state index contributed by atoms with van der Waals surface area (Å²) in [6.07, 6.45) is 4.02. The van der Waals surface area contributed by atoms with Crippen LogP contribution < -0.4 is 4.90 Å². The lowest BCUT2D eigenvalue weighted by Crippen LogP contribution is -2.21. The third kappa shape index (κ3) is 1.61. The van der Waals surface area contributed by atoms with Crippen molar-refractivity contribution >= 4 is 17.4 Å². The molecule has 2 aromatic rings. The third-order valence-electron chi connectivity index (χ3n) is 2.99. The summed E-state index contributed by atoms with van der Waals surface area (Å²) in [6.45, 7) is 1.97. The molecule has 0 radical (unpaired) electrons. The van der Waals surface area contributed by atoms with E-state index in [-0.39, 0.29) is 5.69 Å². The van der Waals surface area contributed by atoms with E-state index in [0.29, 0.717) is 5.65 Å². The Balaban J connectivity index is 2.14. The highest BCUT2D eigenvalue weighted by Gasteiger charge is 2.17. The van der Waals surface area contributed by atoms with E-state index in [9.17, 15) is 4.79 Å². The molecule has 6 heteroatoms. The Morgan fingerprint density at radius 3 is 2.82 bits per heavy atom. The summed E-state index contributed by atoms with van der Waals surface area (Å²) in [5.41, 5.74) is 0.607. The SMILES string of the molecule is O=C(O)c1cc2nccc(N3CCCC3)n2n1. The number of fused-ring (bicyclic) bond motifs is 1. The maximum atomic E-state index is 10.9. The number of carbonyl (C=O) groups is 1. The van der Waals surface area contributed by atoms with Gasteiger partial charge < -0.3 is 10.0 Å². The molecule has 88 valence electrons. The molecule has 0 spiro atoms. The summed E-state index contributed by atoms with van der Waals surface area (Å²) in [5, 5.41) is 13.0. The minimum atomic E-state index is -1.03. The number of carboxylic acid groups (broad SMARTS) is 1. The van der Waals surface area contributed by atoms with Crippen LogP contribution >= 0.6 is 0 Å². The predicted octanol–water partition coefficient (Wildman–Crippen LogP) is 1.03. The minimum Gasteiger partial charge on any atom is -0.476 e. The second-order valence-electron chi connectivity index (χ2n) is 4.10. The van der Waals surface area contributed by atoms with Crippen LogP contribution in [-0.2, 0) is 0 Å². The van der Waals surface area contributed by atoms with Crippen molar-refractivity contribution in [2.45, 2.75) is 12.8 Å². The zero-order valence-corrected chi connectivity index (χ0v) is 9.20. The van der Waals surface area contributed by atoms with Gasteiger partial charge in [-0.3, -0.25) is 0 Å². The number of aromatic carboxylic acids is 1. The van der Waals surface area contributed by atoms with Gasteiger partial charge in [0.25, 0.3) is 0 Å². The summed E-state index contributed by atoms with van der Waals surface area (Å²) in [5.74, 6) is -0.108. The van der Waals surface area contributed by atoms with Crippen molar-refractivity contribution in [3.63, 3.8) is 0 Å². The Kier molecular flexibility index (Phi) is 2.21. The average Bonchev–Trinajstić information content (AvgIpc) is 2.97. The van der Waals surface area contributed by atoms with E-state index in [4.69, 9.17) is 5.11 Å². The van der Waals surface area contributed by atoms with E-state index in [0.717, 1.165) is 31.7 Å². The number of hydrogen-bond acceptors (Lipinski definition) is 4. The first-order chi connectivity index (χ1) is 8.25. The van der Waals surface area contributed by atoms with Gasteiger partial charge in [-0.15, -0.1) is 0 Å². The molecule has 2 aromatic heterocycles. The number of carboxylic acids is 1. The number of rotatable bonds is 2. The van der Waals surface area contributed by atoms with Crippen molar-refractivity contribution in [2.75, 3.05) is 18.0 Å². The van der Waals surface area contributed by atoms with Gasteiger partial charge in [-0.2, -0.15) is 9.61 Å². The standard InChI is InChI=1S/C11H12N4O2/c16-11(17)8-7-9-12-4-3-10(15(9)13-8)14-5-1-2-6-14/h3-4,7H,1-2,5-6H2,(H,16,17). The first kappa shape index (κ1) is 10.1. The third-order valence-corrected chi connectivity index (χ3v) is 2.99. The van der Waals surface area contributed by atoms with Crippen molar-refractivity contribution in [2.24, 2.45) is 0 Å². The van der Waals surface area contributed by atoms with E-state index in [1.165, 1.54) is 6.07 Å². The molecule has 1 aliphatic heterocycles. The van der Waals surface area contributed by atoms with E-state index in [1.807, 2.05) is 6.07 Å². The number of hydrogen-bond donors (Lipinski definition) is 1. The largest absolute Gasteiger partial charge is 0.476 e. The van der Waals surface area contributed by atoms with Crippen LogP contribution in [0.25, 0.3) is 5.65 Å². The molecule has 0 atom stereocenters. The second-order valence-corrected chi connectivity index (χ2v) is 4.10. The second kappa shape index (κ2) is 3.73. The van der Waals surface area contributed by atoms with Gasteiger partial charge in [0.2, 0.25) is 0 Å². The first-order valence-electron chi connectivity index (χ1n) is 5.59. The molecule has 0 bridgehead atoms. The summed E-state index contributed by atoms with van der Waals surface area (Å²) < 4.78 is 1.61. The molecule has 3 rings (SSSR count). The van der Waals surface area contributed by atoms with E-state index in [1.54, 1.807) is 10.7 Å². The highest BCUT2D eigenvalue weighted by molar-refractivity contribution is 5.86. The molecule has 3 heterocycles. The van der Waals surface area contributed by atoms with Crippen LogP contribution in [0.3, 0.4) is 0 Å². The first-order valence-corrected chi connectivity index (χ1v) is 5.59. The van der Waals surface area contributed by atoms with Crippen LogP contribution in [0.2, 0.25) is 0 Å². The summed E-state index contributed by atoms with van der Waals surface area (Å²) in [6, 6.07) is 3.36. The average molecular weight is 232 g/mol. The van der Waals surface area contributed by atoms with E-state index < -0.39 is 5.97 Å². The van der Waals surface area contributed by atoms with Gasteiger partial charge >= 0.3 is 5.97 Å². The molecule has 1 N–H and O–H groups in total. The Hall–Kier alpha value is -2.11. The fourth-order valence-corrected chi connectivity index (χ4v) is 2.17. The Labute approximate surface area is 97.5 Å². The van der Waals surface area contributed by atoms with Gasteiger partial charge in [0.15, 0.2) is 11.3 Å². The Morgan fingerprint density at radius 1 is 1.35 bits per heavy atom. The Morgan fingerprint density at radius 2 is 2.12 bits per heavy atom. The molecule has 0 saturated carbocycles. The van der Waals surface area contributed by atoms with Gasteiger partial charge in [0.1, 0.15) is 5.82 Å². The number of aromatic nitrogens is 3. The lowest BCUT2D eigenvalue weighted by molar-refractivity contribution is 0.0690. The molecule has 1 saturated heterocycles. The maximum absolute atomic E-state index is 10.9. The van der Waals surface area contributed by atoms with Crippen LogP contribution in [0.4, 0.5) is 5.82 Å². The van der Waals surface area contributed by atoms with Crippen molar-refractivity contribution in [1.82, 2.24) is 14.6 Å². The highest BCUT2D eigenvalue weighted by Crippen LogP contribution is 2.20. The van der Waals surface area contributed by atoms with Gasteiger partial charge in [-0.05, 0) is 18.9 Å². The molecule has 0 unspecified atom stereocenters. The van der Waals surface area contributed by atoms with Crippen LogP contribution in [0.15, 0.2) is 18.3 Å². The van der Waals surface area contributed by atoms with Crippen LogP contribution in [0, 0.1) is 0 Å². The molecule has 17 heavy (non-hydrogen) atoms. The number of nitrogens with zero attached hydrogens (tertiary/aromatic N) is 4. The van der Waals surface area contributed by atoms with Crippen LogP contribution in [0.5, 0.6) is 0 Å². The summed E-state index contributed by atoms with van der Waals surface area (Å²) >= 11 is 0. The predicted molar refractivity (Wildman–Crippen MR) is 61.4 cm³/mol. The molecule has 0 amide bonds. The normalized spacial score (nSPS) is 15.6. The van der Waals surface area contributed by atoms with Crippen molar-refractivity contribution < 1.29 is 9.90 Å². The molecule has 1 aliphatic rings. The van der Waals surface area contributed by atoms with Crippen LogP contribution in [-0.4, -0.2) is 38.8 Å². The molecule has 0 aliphatic carbocycles. The van der Waals surface area contributed by atoms with Gasteiger partial charge in [-0.25, -0.2) is 9.78 Å². The van der Waals surface area contributed by atoms with Gasteiger partial charge in [0, 0.05) is 25.4 Å². The zero-order chi connectivity index (χ0) is 11.8. The number of anilines is 1. The quantitative estimate of drug-likeness (QED) is 0.837. The van der Waals surface area contributed by atoms with Crippen molar-refractivity contribution in [3.8, 4) is 0 Å². The molecular weight excluding hydrogens is 220 g/mol. The molecular formula is C11H12N4O2. The van der Waals surface area contributed by atoms with Crippen molar-refractivity contribution in [3.05, 3.63) is 24.0 Å². The monoisotopic (exact) mass is 232 g/mol. The maximum Gasteiger partial charge on any atom is 0.356 e. The Bertz CT molecular complexity index is 572. The lowest BCUT2D eigenvalue weighted by Gasteiger charge is -2.17. The summed E-state index contributed by atoms with van der Waals surface area (Å²) in [7, 11) is 0. The van der Waals surface area contributed by atoms with Gasteiger partial charge in [0.05, 0.1) is 0 Å². The van der Waals surface area contributed by atoms with Crippen LogP contribution in [0.1, 0.15) is 23.3 Å². The van der Waals surface area contributed by atoms with Gasteiger partial charge in [-0.1, -0.05) is 0 Å². The minimum absolute atomic E-state index is 0.0316. The molecule has 6 nitrogen and oxygen atoms in total. The summed E-state index contributed by atoms with van der Waals surface area (Å²) in [4.78, 5) is 17.2. The van der Waals surface area contributed by atoms with E-state index >= 15 is 0 Å². The fourth-order valence-electron chi connectivity index (χ4n) is 2.17. The topological polar surface area (TPSA) is 70.7 Å². The smallest absolute Gasteiger partial charge is 0.356 e. The zero-order valence-electron chi connectivity index (χ0n) is 9.20.